The van der Waals surface area contributed by atoms with E-state index in [2.05, 4.69) is 4.72 Å². The molecule has 0 amide bonds. The van der Waals surface area contributed by atoms with Crippen LogP contribution in [0.5, 0.6) is 11.5 Å². The third-order valence-corrected chi connectivity index (χ3v) is 6.63. The fraction of sp³-hybridized carbons (Fsp3) is 0.333. The molecule has 0 radical (unpaired) electrons. The fourth-order valence-corrected chi connectivity index (χ4v) is 4.94. The molecule has 0 unspecified atom stereocenters. The lowest BCUT2D eigenvalue weighted by Crippen LogP contribution is -2.37. The van der Waals surface area contributed by atoms with Crippen molar-refractivity contribution in [1.29, 1.82) is 0 Å². The molecule has 1 saturated carbocycles. The number of nitrogens with two attached hydrogens (primary N) is 1. The summed E-state index contributed by atoms with van der Waals surface area (Å²) in [5, 5.41) is 19.6. The van der Waals surface area contributed by atoms with E-state index >= 15 is 0 Å². The van der Waals surface area contributed by atoms with Crippen LogP contribution in [0.3, 0.4) is 0 Å². The number of nitrogens with one attached hydrogen (secondary N) is 1. The first kappa shape index (κ1) is 18.8. The third kappa shape index (κ3) is 4.06. The van der Waals surface area contributed by atoms with E-state index in [0.717, 1.165) is 18.4 Å². The van der Waals surface area contributed by atoms with Crippen LogP contribution in [0, 0.1) is 0 Å². The van der Waals surface area contributed by atoms with Gasteiger partial charge in [0.25, 0.3) is 0 Å². The van der Waals surface area contributed by atoms with Crippen molar-refractivity contribution in [2.75, 3.05) is 5.73 Å². The summed E-state index contributed by atoms with van der Waals surface area (Å²) in [6.45, 7) is 0. The van der Waals surface area contributed by atoms with Crippen LogP contribution in [-0.4, -0.2) is 24.7 Å². The van der Waals surface area contributed by atoms with Crippen molar-refractivity contribution in [2.24, 2.45) is 0 Å². The van der Waals surface area contributed by atoms with Crippen molar-refractivity contribution in [3.63, 3.8) is 0 Å². The molecule has 3 rings (SSSR count). The number of halogens is 1. The Kier molecular flexibility index (Phi) is 5.32. The summed E-state index contributed by atoms with van der Waals surface area (Å²) in [4.78, 5) is 0.0926. The van der Waals surface area contributed by atoms with Crippen LogP contribution in [-0.2, 0) is 10.0 Å². The highest BCUT2D eigenvalue weighted by atomic mass is 35.5. The van der Waals surface area contributed by atoms with Gasteiger partial charge in [-0.2, -0.15) is 0 Å². The molecular formula is C18H21ClN2O4S. The van der Waals surface area contributed by atoms with Crippen LogP contribution in [0.2, 0.25) is 5.02 Å². The van der Waals surface area contributed by atoms with Gasteiger partial charge in [0.1, 0.15) is 11.5 Å². The first-order chi connectivity index (χ1) is 12.3. The molecule has 1 aliphatic rings. The summed E-state index contributed by atoms with van der Waals surface area (Å²) in [6, 6.07) is 8.68. The van der Waals surface area contributed by atoms with Gasteiger partial charge < -0.3 is 15.9 Å². The summed E-state index contributed by atoms with van der Waals surface area (Å²) >= 11 is 5.92. The molecule has 140 valence electrons. The minimum absolute atomic E-state index is 0.0230. The summed E-state index contributed by atoms with van der Waals surface area (Å²) in [6.07, 6.45) is 2.81. The maximum Gasteiger partial charge on any atom is 0.240 e. The maximum absolute atomic E-state index is 12.5. The van der Waals surface area contributed by atoms with Gasteiger partial charge in [0, 0.05) is 12.1 Å². The van der Waals surface area contributed by atoms with Crippen LogP contribution in [0.25, 0.3) is 0 Å². The Bertz CT molecular complexity index is 909. The zero-order valence-electron chi connectivity index (χ0n) is 14.0. The molecular weight excluding hydrogens is 376 g/mol. The third-order valence-electron chi connectivity index (χ3n) is 4.79. The molecule has 0 saturated heterocycles. The molecule has 0 aromatic heterocycles. The van der Waals surface area contributed by atoms with Crippen LogP contribution < -0.4 is 10.5 Å². The monoisotopic (exact) mass is 396 g/mol. The lowest BCUT2D eigenvalue weighted by molar-refractivity contribution is 0.362. The zero-order valence-corrected chi connectivity index (χ0v) is 15.6. The van der Waals surface area contributed by atoms with Crippen molar-refractivity contribution >= 4 is 27.3 Å². The predicted octanol–water partition coefficient (Wildman–Crippen LogP) is 3.34. The number of hydrogen-bond donors (Lipinski definition) is 4. The Balaban J connectivity index is 1.65. The smallest absolute Gasteiger partial charge is 0.240 e. The van der Waals surface area contributed by atoms with Gasteiger partial charge in [0.2, 0.25) is 10.0 Å². The van der Waals surface area contributed by atoms with E-state index in [1.54, 1.807) is 12.1 Å². The van der Waals surface area contributed by atoms with E-state index in [0.29, 0.717) is 18.5 Å². The lowest BCUT2D eigenvalue weighted by atomic mass is 9.81. The van der Waals surface area contributed by atoms with Crippen molar-refractivity contribution in [3.8, 4) is 11.5 Å². The SMILES string of the molecule is Nc1ccc(S(=O)(=O)NC2CCC(c3ccc(O)cc3O)CC2)cc1Cl. The van der Waals surface area contributed by atoms with E-state index in [1.807, 2.05) is 0 Å². The second-order valence-electron chi connectivity index (χ2n) is 6.60. The van der Waals surface area contributed by atoms with Crippen molar-refractivity contribution < 1.29 is 18.6 Å². The topological polar surface area (TPSA) is 113 Å². The molecule has 5 N–H and O–H groups in total. The number of rotatable bonds is 4. The number of benzene rings is 2. The van der Waals surface area contributed by atoms with Gasteiger partial charge >= 0.3 is 0 Å². The molecule has 1 aliphatic carbocycles. The number of anilines is 1. The Hall–Kier alpha value is -1.96. The molecule has 0 heterocycles. The van der Waals surface area contributed by atoms with Crippen molar-refractivity contribution in [1.82, 2.24) is 4.72 Å². The highest BCUT2D eigenvalue weighted by molar-refractivity contribution is 7.89. The molecule has 6 nitrogen and oxygen atoms in total. The van der Waals surface area contributed by atoms with Gasteiger partial charge in [0.15, 0.2) is 0 Å². The summed E-state index contributed by atoms with van der Waals surface area (Å²) < 4.78 is 27.8. The van der Waals surface area contributed by atoms with E-state index in [1.165, 1.54) is 24.3 Å². The molecule has 26 heavy (non-hydrogen) atoms. The number of phenolic OH excluding ortho intramolecular Hbond substituents is 2. The van der Waals surface area contributed by atoms with Gasteiger partial charge in [0.05, 0.1) is 15.6 Å². The van der Waals surface area contributed by atoms with E-state index in [9.17, 15) is 18.6 Å². The van der Waals surface area contributed by atoms with Gasteiger partial charge in [-0.1, -0.05) is 17.7 Å². The molecule has 1 fully saturated rings. The quantitative estimate of drug-likeness (QED) is 0.592. The van der Waals surface area contributed by atoms with Gasteiger partial charge in [-0.05, 0) is 61.4 Å². The summed E-state index contributed by atoms with van der Waals surface area (Å²) in [7, 11) is -3.67. The first-order valence-corrected chi connectivity index (χ1v) is 10.2. The lowest BCUT2D eigenvalue weighted by Gasteiger charge is -2.29. The highest BCUT2D eigenvalue weighted by Crippen LogP contribution is 2.38. The van der Waals surface area contributed by atoms with Crippen molar-refractivity contribution in [3.05, 3.63) is 47.0 Å². The normalized spacial score (nSPS) is 20.8. The number of aromatic hydroxyl groups is 2. The fourth-order valence-electron chi connectivity index (χ4n) is 3.36. The van der Waals surface area contributed by atoms with E-state index in [4.69, 9.17) is 17.3 Å². The average molecular weight is 397 g/mol. The van der Waals surface area contributed by atoms with Gasteiger partial charge in [-0.3, -0.25) is 0 Å². The first-order valence-electron chi connectivity index (χ1n) is 8.35. The van der Waals surface area contributed by atoms with Crippen LogP contribution in [0.15, 0.2) is 41.3 Å². The Morgan fingerprint density at radius 3 is 2.35 bits per heavy atom. The molecule has 0 atom stereocenters. The summed E-state index contributed by atoms with van der Waals surface area (Å²) in [5.41, 5.74) is 6.74. The number of nitrogen functional groups attached to an aromatic ring is 1. The number of sulfonamides is 1. The molecule has 0 spiro atoms. The van der Waals surface area contributed by atoms with Gasteiger partial charge in [-0.15, -0.1) is 0 Å². The standard InChI is InChI=1S/C18H21ClN2O4S/c19-16-10-14(6-8-17(16)20)26(24,25)21-12-3-1-11(2-4-12)15-7-5-13(22)9-18(15)23/h5-12,21-23H,1-4,20H2. The van der Waals surface area contributed by atoms with Crippen LogP contribution in [0.4, 0.5) is 5.69 Å². The Morgan fingerprint density at radius 1 is 1.04 bits per heavy atom. The van der Waals surface area contributed by atoms with Crippen LogP contribution >= 0.6 is 11.6 Å². The Morgan fingerprint density at radius 2 is 1.73 bits per heavy atom. The second kappa shape index (κ2) is 7.34. The average Bonchev–Trinajstić information content (AvgIpc) is 2.58. The predicted molar refractivity (Wildman–Crippen MR) is 101 cm³/mol. The number of phenols is 2. The number of hydrogen-bond acceptors (Lipinski definition) is 5. The highest BCUT2D eigenvalue weighted by Gasteiger charge is 2.28. The maximum atomic E-state index is 12.5. The summed E-state index contributed by atoms with van der Waals surface area (Å²) in [5.74, 6) is 0.239. The molecule has 0 bridgehead atoms. The van der Waals surface area contributed by atoms with Crippen LogP contribution in [0.1, 0.15) is 37.2 Å². The molecule has 2 aromatic rings. The van der Waals surface area contributed by atoms with Crippen molar-refractivity contribution in [2.45, 2.75) is 42.5 Å². The minimum atomic E-state index is -3.67. The zero-order chi connectivity index (χ0) is 18.9. The largest absolute Gasteiger partial charge is 0.508 e. The second-order valence-corrected chi connectivity index (χ2v) is 8.72. The minimum Gasteiger partial charge on any atom is -0.508 e. The van der Waals surface area contributed by atoms with E-state index in [-0.39, 0.29) is 33.4 Å². The van der Waals surface area contributed by atoms with E-state index < -0.39 is 10.0 Å². The molecule has 2 aromatic carbocycles. The Labute approximate surface area is 157 Å². The molecule has 8 heteroatoms. The van der Waals surface area contributed by atoms with Gasteiger partial charge in [-0.25, -0.2) is 13.1 Å². The molecule has 0 aliphatic heterocycles.